The molecule has 3 aromatic rings. The van der Waals surface area contributed by atoms with E-state index in [1.807, 2.05) is 10.8 Å². The molecule has 2 N–H and O–H groups in total. The first kappa shape index (κ1) is 13.4. The van der Waals surface area contributed by atoms with Gasteiger partial charge in [0.25, 0.3) is 0 Å². The lowest BCUT2D eigenvalue weighted by atomic mass is 10.0. The first-order chi connectivity index (χ1) is 10.0. The Labute approximate surface area is 121 Å². The fraction of sp³-hybridized carbons (Fsp3) is 0.267. The van der Waals surface area contributed by atoms with Crippen LogP contribution in [0.3, 0.4) is 0 Å². The van der Waals surface area contributed by atoms with E-state index >= 15 is 0 Å². The minimum absolute atomic E-state index is 0.297. The maximum atomic E-state index is 11.1. The molecule has 21 heavy (non-hydrogen) atoms. The SMILES string of the molecule is Cc1cc(C)c(-c2nccn2Cc2n[nH]c(=O)[nH]2)cc1C. The Morgan fingerprint density at radius 3 is 2.62 bits per heavy atom. The van der Waals surface area contributed by atoms with Gasteiger partial charge in [-0.25, -0.2) is 14.9 Å². The smallest absolute Gasteiger partial charge is 0.323 e. The number of hydrogen-bond donors (Lipinski definition) is 2. The van der Waals surface area contributed by atoms with Crippen molar-refractivity contribution in [1.29, 1.82) is 0 Å². The van der Waals surface area contributed by atoms with Gasteiger partial charge in [0.05, 0.1) is 6.54 Å². The summed E-state index contributed by atoms with van der Waals surface area (Å²) in [4.78, 5) is 18.2. The molecule has 3 rings (SSSR count). The molecular formula is C15H17N5O. The number of nitrogens with one attached hydrogen (secondary N) is 2. The Hall–Kier alpha value is -2.63. The van der Waals surface area contributed by atoms with Crippen molar-refractivity contribution in [2.75, 3.05) is 0 Å². The Kier molecular flexibility index (Phi) is 3.21. The van der Waals surface area contributed by atoms with Gasteiger partial charge in [0, 0.05) is 18.0 Å². The highest BCUT2D eigenvalue weighted by molar-refractivity contribution is 5.62. The van der Waals surface area contributed by atoms with Gasteiger partial charge >= 0.3 is 5.69 Å². The van der Waals surface area contributed by atoms with Crippen molar-refractivity contribution < 1.29 is 0 Å². The topological polar surface area (TPSA) is 79.4 Å². The summed E-state index contributed by atoms with van der Waals surface area (Å²) in [7, 11) is 0. The van der Waals surface area contributed by atoms with Gasteiger partial charge in [0.15, 0.2) is 5.82 Å². The monoisotopic (exact) mass is 283 g/mol. The van der Waals surface area contributed by atoms with Crippen molar-refractivity contribution in [3.05, 3.63) is 57.5 Å². The lowest BCUT2D eigenvalue weighted by Gasteiger charge is -2.11. The van der Waals surface area contributed by atoms with Crippen molar-refractivity contribution in [3.8, 4) is 11.4 Å². The molecule has 6 heteroatoms. The highest BCUT2D eigenvalue weighted by atomic mass is 16.1. The molecule has 2 aromatic heterocycles. The molecule has 0 aliphatic heterocycles. The first-order valence-corrected chi connectivity index (χ1v) is 6.77. The van der Waals surface area contributed by atoms with Gasteiger partial charge in [0.2, 0.25) is 0 Å². The molecule has 108 valence electrons. The highest BCUT2D eigenvalue weighted by Crippen LogP contribution is 2.25. The molecule has 0 radical (unpaired) electrons. The third kappa shape index (κ3) is 2.52. The van der Waals surface area contributed by atoms with Crippen LogP contribution in [-0.2, 0) is 6.54 Å². The summed E-state index contributed by atoms with van der Waals surface area (Å²) < 4.78 is 1.98. The van der Waals surface area contributed by atoms with Crippen LogP contribution in [0, 0.1) is 20.8 Å². The van der Waals surface area contributed by atoms with Crippen LogP contribution in [0.4, 0.5) is 0 Å². The summed E-state index contributed by atoms with van der Waals surface area (Å²) in [5.74, 6) is 1.46. The summed E-state index contributed by atoms with van der Waals surface area (Å²) in [6, 6.07) is 4.32. The number of H-pyrrole nitrogens is 2. The molecule has 1 aromatic carbocycles. The predicted molar refractivity (Wildman–Crippen MR) is 80.2 cm³/mol. The number of aryl methyl sites for hydroxylation is 3. The molecule has 0 saturated heterocycles. The number of hydrogen-bond acceptors (Lipinski definition) is 3. The maximum absolute atomic E-state index is 11.1. The second kappa shape index (κ2) is 5.05. The number of rotatable bonds is 3. The van der Waals surface area contributed by atoms with Gasteiger partial charge < -0.3 is 4.57 Å². The molecule has 6 nitrogen and oxygen atoms in total. The third-order valence-corrected chi connectivity index (χ3v) is 3.67. The lowest BCUT2D eigenvalue weighted by molar-refractivity contribution is 0.754. The average molecular weight is 283 g/mol. The highest BCUT2D eigenvalue weighted by Gasteiger charge is 2.11. The minimum atomic E-state index is -0.297. The van der Waals surface area contributed by atoms with Gasteiger partial charge in [-0.15, -0.1) is 0 Å². The van der Waals surface area contributed by atoms with Crippen molar-refractivity contribution >= 4 is 0 Å². The van der Waals surface area contributed by atoms with E-state index in [0.717, 1.165) is 11.4 Å². The normalized spacial score (nSPS) is 11.0. The van der Waals surface area contributed by atoms with Gasteiger partial charge in [-0.3, -0.25) is 4.98 Å². The maximum Gasteiger partial charge on any atom is 0.340 e. The second-order valence-electron chi connectivity index (χ2n) is 5.25. The minimum Gasteiger partial charge on any atom is -0.323 e. The van der Waals surface area contributed by atoms with Crippen LogP contribution in [0.1, 0.15) is 22.5 Å². The van der Waals surface area contributed by atoms with E-state index in [2.05, 4.69) is 53.1 Å². The Morgan fingerprint density at radius 2 is 1.90 bits per heavy atom. The number of nitrogens with zero attached hydrogens (tertiary/aromatic N) is 3. The molecule has 2 heterocycles. The van der Waals surface area contributed by atoms with Gasteiger partial charge in [-0.1, -0.05) is 6.07 Å². The molecule has 0 fully saturated rings. The summed E-state index contributed by atoms with van der Waals surface area (Å²) in [5, 5.41) is 6.31. The Balaban J connectivity index is 2.03. The standard InChI is InChI=1S/C15H17N5O/c1-9-6-11(3)12(7-10(9)2)14-16-4-5-20(14)8-13-17-15(21)19-18-13/h4-7H,8H2,1-3H3,(H2,17,18,19,21). The molecule has 0 unspecified atom stereocenters. The zero-order chi connectivity index (χ0) is 15.0. The molecule has 0 aliphatic rings. The third-order valence-electron chi connectivity index (χ3n) is 3.67. The number of aromatic nitrogens is 5. The van der Waals surface area contributed by atoms with Crippen molar-refractivity contribution in [3.63, 3.8) is 0 Å². The lowest BCUT2D eigenvalue weighted by Crippen LogP contribution is -2.06. The van der Waals surface area contributed by atoms with Crippen LogP contribution in [-0.4, -0.2) is 24.7 Å². The number of benzene rings is 1. The summed E-state index contributed by atoms with van der Waals surface area (Å²) in [6.45, 7) is 6.75. The Morgan fingerprint density at radius 1 is 1.14 bits per heavy atom. The van der Waals surface area contributed by atoms with E-state index in [1.54, 1.807) is 6.20 Å². The largest absolute Gasteiger partial charge is 0.340 e. The molecular weight excluding hydrogens is 266 g/mol. The zero-order valence-corrected chi connectivity index (χ0v) is 12.3. The van der Waals surface area contributed by atoms with Crippen LogP contribution in [0.2, 0.25) is 0 Å². The van der Waals surface area contributed by atoms with Crippen molar-refractivity contribution in [1.82, 2.24) is 24.7 Å². The van der Waals surface area contributed by atoms with Gasteiger partial charge in [-0.2, -0.15) is 5.10 Å². The van der Waals surface area contributed by atoms with E-state index in [1.165, 1.54) is 16.7 Å². The fourth-order valence-corrected chi connectivity index (χ4v) is 2.42. The first-order valence-electron chi connectivity index (χ1n) is 6.77. The predicted octanol–water partition coefficient (Wildman–Crippen LogP) is 1.94. The Bertz CT molecular complexity index is 840. The van der Waals surface area contributed by atoms with Crippen LogP contribution in [0.25, 0.3) is 11.4 Å². The van der Waals surface area contributed by atoms with E-state index in [0.29, 0.717) is 12.4 Å². The van der Waals surface area contributed by atoms with Gasteiger partial charge in [-0.05, 0) is 43.5 Å². The van der Waals surface area contributed by atoms with Crippen molar-refractivity contribution in [2.45, 2.75) is 27.3 Å². The van der Waals surface area contributed by atoms with Crippen LogP contribution in [0.15, 0.2) is 29.3 Å². The molecule has 0 bridgehead atoms. The average Bonchev–Trinajstić information content (AvgIpc) is 3.04. The second-order valence-corrected chi connectivity index (χ2v) is 5.25. The van der Waals surface area contributed by atoms with E-state index in [9.17, 15) is 4.79 Å². The summed E-state index contributed by atoms with van der Waals surface area (Å²) in [6.07, 6.45) is 3.64. The molecule has 0 spiro atoms. The fourth-order valence-electron chi connectivity index (χ4n) is 2.42. The van der Waals surface area contributed by atoms with Crippen LogP contribution >= 0.6 is 0 Å². The zero-order valence-electron chi connectivity index (χ0n) is 12.3. The van der Waals surface area contributed by atoms with Crippen molar-refractivity contribution in [2.24, 2.45) is 0 Å². The van der Waals surface area contributed by atoms with E-state index < -0.39 is 0 Å². The number of aromatic amines is 2. The van der Waals surface area contributed by atoms with Crippen LogP contribution in [0.5, 0.6) is 0 Å². The van der Waals surface area contributed by atoms with E-state index in [-0.39, 0.29) is 5.69 Å². The quantitative estimate of drug-likeness (QED) is 0.771. The van der Waals surface area contributed by atoms with Crippen LogP contribution < -0.4 is 5.69 Å². The molecule has 0 amide bonds. The summed E-state index contributed by atoms with van der Waals surface area (Å²) in [5.41, 5.74) is 4.49. The molecule has 0 aliphatic carbocycles. The summed E-state index contributed by atoms with van der Waals surface area (Å²) >= 11 is 0. The number of imidazole rings is 1. The van der Waals surface area contributed by atoms with Gasteiger partial charge in [0.1, 0.15) is 5.82 Å². The van der Waals surface area contributed by atoms with E-state index in [4.69, 9.17) is 0 Å². The molecule has 0 atom stereocenters. The molecule has 0 saturated carbocycles.